The van der Waals surface area contributed by atoms with Crippen molar-refractivity contribution >= 4 is 50.7 Å². The summed E-state index contributed by atoms with van der Waals surface area (Å²) >= 11 is 6.48. The number of aromatic nitrogens is 5. The molecule has 37 heavy (non-hydrogen) atoms. The molecule has 2 amide bonds. The number of pyridine rings is 1. The molecular weight excluding hydrogens is 545 g/mol. The molecule has 0 radical (unpaired) electrons. The highest BCUT2D eigenvalue weighted by molar-refractivity contribution is 7.21. The third-order valence-electron chi connectivity index (χ3n) is 5.53. The molecule has 0 aliphatic carbocycles. The van der Waals surface area contributed by atoms with Crippen LogP contribution in [0.25, 0.3) is 21.3 Å². The van der Waals surface area contributed by atoms with Gasteiger partial charge < -0.3 is 11.1 Å². The van der Waals surface area contributed by atoms with Crippen molar-refractivity contribution in [2.24, 2.45) is 12.8 Å². The summed E-state index contributed by atoms with van der Waals surface area (Å²) in [5.41, 5.74) is 3.76. The summed E-state index contributed by atoms with van der Waals surface area (Å²) in [5.74, 6) is -2.15. The van der Waals surface area contributed by atoms with Crippen molar-refractivity contribution in [3.8, 4) is 11.1 Å². The number of hydrogen-bond donors (Lipinski definition) is 2. The maximum atomic E-state index is 13.7. The van der Waals surface area contributed by atoms with Crippen molar-refractivity contribution in [3.05, 3.63) is 44.9 Å². The number of carbonyl (C=O) groups is 2. The van der Waals surface area contributed by atoms with Gasteiger partial charge in [-0.1, -0.05) is 11.6 Å². The van der Waals surface area contributed by atoms with Crippen molar-refractivity contribution in [2.75, 3.05) is 5.32 Å². The highest BCUT2D eigenvalue weighted by Crippen LogP contribution is 2.44. The highest BCUT2D eigenvalue weighted by atomic mass is 35.5. The zero-order valence-electron chi connectivity index (χ0n) is 19.2. The molecule has 0 saturated carbocycles. The molecule has 4 aromatic heterocycles. The van der Waals surface area contributed by atoms with Gasteiger partial charge in [0.05, 0.1) is 11.9 Å². The maximum Gasteiger partial charge on any atom is 0.436 e. The Labute approximate surface area is 214 Å². The molecule has 3 N–H and O–H groups in total. The minimum absolute atomic E-state index is 0.0485. The average molecular weight is 562 g/mol. The monoisotopic (exact) mass is 561 g/mol. The number of thiophene rings is 1. The molecule has 0 aromatic carbocycles. The molecule has 9 nitrogen and oxygen atoms in total. The second kappa shape index (κ2) is 9.37. The number of primary amides is 1. The molecule has 16 heteroatoms. The summed E-state index contributed by atoms with van der Waals surface area (Å²) in [7, 11) is 1.08. The Bertz CT molecular complexity index is 1560. The van der Waals surface area contributed by atoms with Gasteiger partial charge in [-0.25, -0.2) is 13.8 Å². The van der Waals surface area contributed by atoms with E-state index in [0.29, 0.717) is 33.8 Å². The molecule has 0 aliphatic heterocycles. The molecule has 0 fully saturated rings. The van der Waals surface area contributed by atoms with Gasteiger partial charge >= 0.3 is 6.18 Å². The normalized spacial score (nSPS) is 12.1. The Kier molecular flexibility index (Phi) is 6.71. The lowest BCUT2D eigenvalue weighted by atomic mass is 10.0. The molecule has 4 heterocycles. The predicted molar refractivity (Wildman–Crippen MR) is 126 cm³/mol. The Morgan fingerprint density at radius 1 is 1.27 bits per heavy atom. The molecular formula is C21H17ClF5N7O2S. The van der Waals surface area contributed by atoms with Crippen LogP contribution in [0.2, 0.25) is 5.02 Å². The van der Waals surface area contributed by atoms with Crippen LogP contribution in [-0.2, 0) is 19.8 Å². The van der Waals surface area contributed by atoms with Crippen LogP contribution < -0.4 is 11.1 Å². The number of nitrogens with zero attached hydrogens (tertiary/aromatic N) is 5. The van der Waals surface area contributed by atoms with Crippen LogP contribution in [0.15, 0.2) is 12.3 Å². The van der Waals surface area contributed by atoms with Crippen molar-refractivity contribution in [2.45, 2.75) is 33.0 Å². The lowest BCUT2D eigenvalue weighted by Gasteiger charge is -2.11. The first-order valence-electron chi connectivity index (χ1n) is 10.4. The largest absolute Gasteiger partial charge is 0.436 e. The fourth-order valence-corrected chi connectivity index (χ4v) is 5.23. The van der Waals surface area contributed by atoms with Gasteiger partial charge in [0.2, 0.25) is 0 Å². The van der Waals surface area contributed by atoms with E-state index in [1.165, 1.54) is 6.20 Å². The summed E-state index contributed by atoms with van der Waals surface area (Å²) in [6.07, 6.45) is -6.46. The number of hydrogen-bond acceptors (Lipinski definition) is 6. The van der Waals surface area contributed by atoms with Crippen LogP contribution in [0.4, 0.5) is 27.6 Å². The molecule has 0 bridgehead atoms. The minimum atomic E-state index is -4.93. The standard InChI is InChI=1S/C21H17ClF5N7O2S/c1-4-34-7(2)9(6-29-34)8-5-10(17(23)24)30-20-11(8)13(15(37-20)18(28)35)31-19(36)14-12(22)16(21(25,26)27)32-33(14)3/h5-6,17H,4H2,1-3H3,(H2,28,35)(H,31,36). The second-order valence-corrected chi connectivity index (χ2v) is 9.17. The van der Waals surface area contributed by atoms with E-state index in [1.807, 2.05) is 6.92 Å². The fraction of sp³-hybridized carbons (Fsp3) is 0.286. The van der Waals surface area contributed by atoms with E-state index in [2.05, 4.69) is 20.5 Å². The summed E-state index contributed by atoms with van der Waals surface area (Å²) in [6.45, 7) is 4.00. The molecule has 0 unspecified atom stereocenters. The Hall–Kier alpha value is -3.59. The van der Waals surface area contributed by atoms with Gasteiger partial charge in [0.15, 0.2) is 5.69 Å². The van der Waals surface area contributed by atoms with Crippen LogP contribution >= 0.6 is 22.9 Å². The van der Waals surface area contributed by atoms with Gasteiger partial charge in [0, 0.05) is 30.2 Å². The van der Waals surface area contributed by atoms with E-state index in [4.69, 9.17) is 17.3 Å². The van der Waals surface area contributed by atoms with Crippen LogP contribution in [-0.4, -0.2) is 36.4 Å². The molecule has 0 spiro atoms. The third-order valence-corrected chi connectivity index (χ3v) is 6.99. The highest BCUT2D eigenvalue weighted by Gasteiger charge is 2.40. The predicted octanol–water partition coefficient (Wildman–Crippen LogP) is 5.18. The van der Waals surface area contributed by atoms with E-state index in [0.717, 1.165) is 13.1 Å². The van der Waals surface area contributed by atoms with Gasteiger partial charge in [-0.15, -0.1) is 11.3 Å². The number of nitrogens with two attached hydrogens (primary N) is 1. The molecule has 4 rings (SSSR count). The number of fused-ring (bicyclic) bond motifs is 1. The summed E-state index contributed by atoms with van der Waals surface area (Å²) in [5, 5.41) is 9.01. The molecule has 0 atom stereocenters. The van der Waals surface area contributed by atoms with Gasteiger partial charge in [-0.05, 0) is 25.5 Å². The van der Waals surface area contributed by atoms with Gasteiger partial charge in [-0.3, -0.25) is 19.0 Å². The zero-order valence-corrected chi connectivity index (χ0v) is 20.8. The lowest BCUT2D eigenvalue weighted by Crippen LogP contribution is -2.19. The zero-order chi connectivity index (χ0) is 27.4. The topological polar surface area (TPSA) is 121 Å². The first kappa shape index (κ1) is 26.5. The smallest absolute Gasteiger partial charge is 0.365 e. The number of alkyl halides is 5. The van der Waals surface area contributed by atoms with E-state index in [9.17, 15) is 31.5 Å². The Morgan fingerprint density at radius 2 is 1.95 bits per heavy atom. The van der Waals surface area contributed by atoms with E-state index in [-0.39, 0.29) is 26.3 Å². The van der Waals surface area contributed by atoms with Crippen molar-refractivity contribution in [1.82, 2.24) is 24.5 Å². The van der Waals surface area contributed by atoms with Crippen LogP contribution in [0, 0.1) is 6.92 Å². The number of carbonyl (C=O) groups excluding carboxylic acids is 2. The van der Waals surface area contributed by atoms with Crippen molar-refractivity contribution in [1.29, 1.82) is 0 Å². The second-order valence-electron chi connectivity index (χ2n) is 7.79. The van der Waals surface area contributed by atoms with E-state index >= 15 is 0 Å². The summed E-state index contributed by atoms with van der Waals surface area (Å²) < 4.78 is 69.4. The SMILES string of the molecule is CCn1ncc(-c2cc(C(F)F)nc3sc(C(N)=O)c(NC(=O)c4c(Cl)c(C(F)(F)F)nn4C)c23)c1C. The number of anilines is 1. The van der Waals surface area contributed by atoms with Crippen LogP contribution in [0.1, 0.15) is 50.6 Å². The Balaban J connectivity index is 1.97. The summed E-state index contributed by atoms with van der Waals surface area (Å²) in [6, 6.07) is 1.10. The number of halogens is 6. The molecule has 4 aromatic rings. The van der Waals surface area contributed by atoms with E-state index in [1.54, 1.807) is 11.6 Å². The quantitative estimate of drug-likeness (QED) is 0.314. The number of rotatable bonds is 6. The van der Waals surface area contributed by atoms with Gasteiger partial charge in [0.25, 0.3) is 18.2 Å². The van der Waals surface area contributed by atoms with Gasteiger partial charge in [0.1, 0.15) is 26.1 Å². The summed E-state index contributed by atoms with van der Waals surface area (Å²) in [4.78, 5) is 29.0. The minimum Gasteiger partial charge on any atom is -0.365 e. The number of aryl methyl sites for hydroxylation is 2. The number of nitrogens with one attached hydrogen (secondary N) is 1. The first-order valence-corrected chi connectivity index (χ1v) is 11.6. The third kappa shape index (κ3) is 4.52. The van der Waals surface area contributed by atoms with Crippen LogP contribution in [0.5, 0.6) is 0 Å². The Morgan fingerprint density at radius 3 is 2.46 bits per heavy atom. The van der Waals surface area contributed by atoms with Crippen LogP contribution in [0.3, 0.4) is 0 Å². The molecule has 0 aliphatic rings. The molecule has 0 saturated heterocycles. The first-order chi connectivity index (χ1) is 17.3. The van der Waals surface area contributed by atoms with Crippen molar-refractivity contribution < 1.29 is 31.5 Å². The maximum absolute atomic E-state index is 13.7. The lowest BCUT2D eigenvalue weighted by molar-refractivity contribution is -0.141. The van der Waals surface area contributed by atoms with Crippen molar-refractivity contribution in [3.63, 3.8) is 0 Å². The average Bonchev–Trinajstić information content (AvgIpc) is 3.45. The number of amides is 2. The van der Waals surface area contributed by atoms with E-state index < -0.39 is 46.5 Å². The molecule has 196 valence electrons. The fourth-order valence-electron chi connectivity index (χ4n) is 3.86. The van der Waals surface area contributed by atoms with Gasteiger partial charge in [-0.2, -0.15) is 23.4 Å².